The summed E-state index contributed by atoms with van der Waals surface area (Å²) in [6.07, 6.45) is 1.35. The van der Waals surface area contributed by atoms with Gasteiger partial charge in [-0.25, -0.2) is 9.97 Å². The Morgan fingerprint density at radius 1 is 1.53 bits per heavy atom. The molecule has 0 aliphatic carbocycles. The Hall–Kier alpha value is -1.40. The maximum atomic E-state index is 11.1. The quantitative estimate of drug-likeness (QED) is 0.835. The van der Waals surface area contributed by atoms with Crippen molar-refractivity contribution in [1.29, 1.82) is 0 Å². The molecule has 1 unspecified atom stereocenters. The summed E-state index contributed by atoms with van der Waals surface area (Å²) in [4.78, 5) is 21.7. The Balaban J connectivity index is 1.89. The summed E-state index contributed by atoms with van der Waals surface area (Å²) >= 11 is 7.55. The van der Waals surface area contributed by atoms with Crippen molar-refractivity contribution in [1.82, 2.24) is 15.3 Å². The first kappa shape index (κ1) is 12.6. The van der Waals surface area contributed by atoms with E-state index in [4.69, 9.17) is 11.6 Å². The molecule has 1 aliphatic heterocycles. The zero-order valence-electron chi connectivity index (χ0n) is 10.4. The van der Waals surface area contributed by atoms with Gasteiger partial charge in [0.15, 0.2) is 0 Å². The van der Waals surface area contributed by atoms with Crippen LogP contribution in [0, 0.1) is 6.92 Å². The molecule has 0 saturated carbocycles. The largest absolute Gasteiger partial charge is 0.365 e. The van der Waals surface area contributed by atoms with Crippen molar-refractivity contribution in [2.45, 2.75) is 25.8 Å². The summed E-state index contributed by atoms with van der Waals surface area (Å²) in [5.41, 5.74) is 0. The molecule has 0 aromatic carbocycles. The highest BCUT2D eigenvalue weighted by Crippen LogP contribution is 2.30. The Kier molecular flexibility index (Phi) is 3.28. The minimum Gasteiger partial charge on any atom is -0.365 e. The number of halogens is 1. The van der Waals surface area contributed by atoms with Gasteiger partial charge in [0.25, 0.3) is 0 Å². The fraction of sp³-hybridized carbons (Fsp3) is 0.417. The molecule has 1 amide bonds. The number of aromatic nitrogens is 2. The Labute approximate surface area is 119 Å². The Morgan fingerprint density at radius 2 is 2.37 bits per heavy atom. The Morgan fingerprint density at radius 3 is 3.11 bits per heavy atom. The first-order chi connectivity index (χ1) is 9.11. The first-order valence-electron chi connectivity index (χ1n) is 6.09. The van der Waals surface area contributed by atoms with Crippen LogP contribution in [0.5, 0.6) is 0 Å². The number of aryl methyl sites for hydroxylation is 1. The molecule has 100 valence electrons. The van der Waals surface area contributed by atoms with Gasteiger partial charge in [0, 0.05) is 23.9 Å². The van der Waals surface area contributed by atoms with Gasteiger partial charge in [0.1, 0.15) is 10.6 Å². The lowest BCUT2D eigenvalue weighted by Crippen LogP contribution is -2.42. The third-order valence-corrected chi connectivity index (χ3v) is 4.21. The molecule has 0 radical (unpaired) electrons. The van der Waals surface area contributed by atoms with E-state index in [0.717, 1.165) is 22.5 Å². The van der Waals surface area contributed by atoms with Crippen LogP contribution < -0.4 is 10.6 Å². The van der Waals surface area contributed by atoms with Gasteiger partial charge >= 0.3 is 0 Å². The number of fused-ring (bicyclic) bond motifs is 1. The zero-order chi connectivity index (χ0) is 13.4. The highest BCUT2D eigenvalue weighted by Gasteiger charge is 2.19. The molecule has 0 bridgehead atoms. The molecule has 2 aromatic rings. The third kappa shape index (κ3) is 2.64. The summed E-state index contributed by atoms with van der Waals surface area (Å²) in [5.74, 6) is 0.857. The molecule has 3 heterocycles. The summed E-state index contributed by atoms with van der Waals surface area (Å²) in [6, 6.07) is 2.24. The number of thiophene rings is 1. The van der Waals surface area contributed by atoms with Crippen molar-refractivity contribution in [3.05, 3.63) is 16.2 Å². The van der Waals surface area contributed by atoms with Crippen LogP contribution >= 0.6 is 22.9 Å². The van der Waals surface area contributed by atoms with E-state index in [1.807, 2.05) is 6.92 Å². The van der Waals surface area contributed by atoms with E-state index in [1.54, 1.807) is 11.3 Å². The van der Waals surface area contributed by atoms with Crippen LogP contribution in [0.15, 0.2) is 6.07 Å². The second-order valence-corrected chi connectivity index (χ2v) is 6.17. The molecule has 1 aliphatic rings. The SMILES string of the molecule is Cc1cc2c(NC3CCC(=O)NC3)nc(Cl)nc2s1. The molecule has 2 N–H and O–H groups in total. The standard InChI is InChI=1S/C12H13ClN4OS/c1-6-4-8-10(16-12(13)17-11(8)19-6)15-7-2-3-9(18)14-5-7/h4,7H,2-3,5H2,1H3,(H,14,18)(H,15,16,17). The second kappa shape index (κ2) is 4.94. The summed E-state index contributed by atoms with van der Waals surface area (Å²) in [6.45, 7) is 2.65. The maximum absolute atomic E-state index is 11.1. The van der Waals surface area contributed by atoms with E-state index in [-0.39, 0.29) is 17.2 Å². The lowest BCUT2D eigenvalue weighted by atomic mass is 10.1. The monoisotopic (exact) mass is 296 g/mol. The first-order valence-corrected chi connectivity index (χ1v) is 7.28. The summed E-state index contributed by atoms with van der Waals surface area (Å²) in [7, 11) is 0. The van der Waals surface area contributed by atoms with Crippen LogP contribution in [0.4, 0.5) is 5.82 Å². The van der Waals surface area contributed by atoms with Crippen molar-refractivity contribution < 1.29 is 4.79 Å². The average molecular weight is 297 g/mol. The van der Waals surface area contributed by atoms with E-state index in [0.29, 0.717) is 13.0 Å². The minimum absolute atomic E-state index is 0.107. The van der Waals surface area contributed by atoms with Crippen molar-refractivity contribution in [3.63, 3.8) is 0 Å². The third-order valence-electron chi connectivity index (χ3n) is 3.09. The number of piperidine rings is 1. The molecule has 1 saturated heterocycles. The Bertz CT molecular complexity index is 632. The molecule has 1 fully saturated rings. The van der Waals surface area contributed by atoms with E-state index in [1.165, 1.54) is 4.88 Å². The van der Waals surface area contributed by atoms with E-state index < -0.39 is 0 Å². The number of anilines is 1. The van der Waals surface area contributed by atoms with Gasteiger partial charge in [-0.15, -0.1) is 11.3 Å². The normalized spacial score (nSPS) is 19.5. The van der Waals surface area contributed by atoms with Gasteiger partial charge in [-0.05, 0) is 31.0 Å². The second-order valence-electron chi connectivity index (χ2n) is 4.60. The van der Waals surface area contributed by atoms with Gasteiger partial charge < -0.3 is 10.6 Å². The van der Waals surface area contributed by atoms with Crippen LogP contribution in [0.25, 0.3) is 10.2 Å². The highest BCUT2D eigenvalue weighted by molar-refractivity contribution is 7.18. The van der Waals surface area contributed by atoms with Crippen LogP contribution in [-0.2, 0) is 4.79 Å². The molecule has 5 nitrogen and oxygen atoms in total. The van der Waals surface area contributed by atoms with Gasteiger partial charge in [0.05, 0.1) is 5.39 Å². The number of carbonyl (C=O) groups is 1. The lowest BCUT2D eigenvalue weighted by Gasteiger charge is -2.24. The number of nitrogens with one attached hydrogen (secondary N) is 2. The molecule has 7 heteroatoms. The van der Waals surface area contributed by atoms with Crippen molar-refractivity contribution in [2.24, 2.45) is 0 Å². The topological polar surface area (TPSA) is 66.9 Å². The van der Waals surface area contributed by atoms with E-state index in [2.05, 4.69) is 26.7 Å². The molecule has 1 atom stereocenters. The van der Waals surface area contributed by atoms with E-state index in [9.17, 15) is 4.79 Å². The fourth-order valence-corrected chi connectivity index (χ4v) is 3.27. The predicted molar refractivity (Wildman–Crippen MR) is 76.8 cm³/mol. The molecule has 19 heavy (non-hydrogen) atoms. The van der Waals surface area contributed by atoms with Crippen molar-refractivity contribution in [2.75, 3.05) is 11.9 Å². The molecule has 0 spiro atoms. The fourth-order valence-electron chi connectivity index (χ4n) is 2.18. The zero-order valence-corrected chi connectivity index (χ0v) is 11.9. The van der Waals surface area contributed by atoms with Crippen molar-refractivity contribution in [3.8, 4) is 0 Å². The summed E-state index contributed by atoms with van der Waals surface area (Å²) < 4.78 is 0. The van der Waals surface area contributed by atoms with Gasteiger partial charge in [-0.1, -0.05) is 0 Å². The van der Waals surface area contributed by atoms with Gasteiger partial charge in [0.2, 0.25) is 11.2 Å². The molecule has 3 rings (SSSR count). The van der Waals surface area contributed by atoms with Crippen LogP contribution in [0.2, 0.25) is 5.28 Å². The predicted octanol–water partition coefficient (Wildman–Crippen LogP) is 2.34. The number of rotatable bonds is 2. The summed E-state index contributed by atoms with van der Waals surface area (Å²) in [5, 5.41) is 7.44. The molecule has 2 aromatic heterocycles. The average Bonchev–Trinajstić information content (AvgIpc) is 2.72. The smallest absolute Gasteiger partial charge is 0.225 e. The van der Waals surface area contributed by atoms with Gasteiger partial charge in [-0.3, -0.25) is 4.79 Å². The van der Waals surface area contributed by atoms with Crippen LogP contribution in [0.3, 0.4) is 0 Å². The van der Waals surface area contributed by atoms with Gasteiger partial charge in [-0.2, -0.15) is 0 Å². The van der Waals surface area contributed by atoms with Crippen LogP contribution in [-0.4, -0.2) is 28.5 Å². The molecular formula is C12H13ClN4OS. The number of hydrogen-bond acceptors (Lipinski definition) is 5. The van der Waals surface area contributed by atoms with E-state index >= 15 is 0 Å². The highest BCUT2D eigenvalue weighted by atomic mass is 35.5. The number of hydrogen-bond donors (Lipinski definition) is 2. The van der Waals surface area contributed by atoms with Crippen molar-refractivity contribution >= 4 is 44.9 Å². The number of carbonyl (C=O) groups excluding carboxylic acids is 1. The minimum atomic E-state index is 0.107. The number of amides is 1. The number of nitrogens with zero attached hydrogens (tertiary/aromatic N) is 2. The van der Waals surface area contributed by atoms with Crippen LogP contribution in [0.1, 0.15) is 17.7 Å². The molecular weight excluding hydrogens is 284 g/mol. The lowest BCUT2D eigenvalue weighted by molar-refractivity contribution is -0.122. The maximum Gasteiger partial charge on any atom is 0.225 e.